The lowest BCUT2D eigenvalue weighted by Crippen LogP contribution is -2.33. The van der Waals surface area contributed by atoms with Gasteiger partial charge in [0.1, 0.15) is 27.6 Å². The molecule has 2 N–H and O–H groups in total. The predicted molar refractivity (Wildman–Crippen MR) is 120 cm³/mol. The number of aryl methyl sites for hydroxylation is 1. The number of para-hydroxylation sites is 2. The first-order chi connectivity index (χ1) is 14.7. The normalized spacial score (nSPS) is 14.8. The van der Waals surface area contributed by atoms with Gasteiger partial charge in [0.2, 0.25) is 0 Å². The fourth-order valence-electron chi connectivity index (χ4n) is 3.65. The molecule has 9 heteroatoms. The Morgan fingerprint density at radius 1 is 1.16 bits per heavy atom. The molecule has 3 aromatic rings. The van der Waals surface area contributed by atoms with Gasteiger partial charge in [0.15, 0.2) is 5.84 Å². The molecule has 1 aliphatic heterocycles. The number of fused-ring (bicyclic) bond motifs is 2. The summed E-state index contributed by atoms with van der Waals surface area (Å²) in [5.74, 6) is 0.0863. The fourth-order valence-corrected chi connectivity index (χ4v) is 4.79. The SMILES string of the molecule is COc1cccc2c1NC(c1c(O)c3ccccc3n(CCC(C)C)c1=O)=NS2(=O)=O. The second kappa shape index (κ2) is 7.73. The maximum atomic E-state index is 13.4. The highest BCUT2D eigenvalue weighted by molar-refractivity contribution is 7.90. The summed E-state index contributed by atoms with van der Waals surface area (Å²) in [7, 11) is -2.69. The van der Waals surface area contributed by atoms with Crippen LogP contribution >= 0.6 is 0 Å². The number of aromatic nitrogens is 1. The second-order valence-corrected chi connectivity index (χ2v) is 9.33. The average molecular weight is 442 g/mol. The maximum absolute atomic E-state index is 13.4. The molecule has 0 spiro atoms. The molecule has 0 aliphatic carbocycles. The molecule has 0 saturated heterocycles. The number of rotatable bonds is 5. The minimum atomic E-state index is -4.11. The van der Waals surface area contributed by atoms with E-state index < -0.39 is 15.6 Å². The zero-order valence-corrected chi connectivity index (χ0v) is 18.2. The molecular weight excluding hydrogens is 418 g/mol. The monoisotopic (exact) mass is 441 g/mol. The van der Waals surface area contributed by atoms with Crippen LogP contribution in [0.3, 0.4) is 0 Å². The molecule has 8 nitrogen and oxygen atoms in total. The van der Waals surface area contributed by atoms with Crippen LogP contribution in [0.1, 0.15) is 25.8 Å². The molecule has 0 atom stereocenters. The number of sulfonamides is 1. The number of pyridine rings is 1. The molecule has 0 radical (unpaired) electrons. The van der Waals surface area contributed by atoms with E-state index in [2.05, 4.69) is 23.6 Å². The summed E-state index contributed by atoms with van der Waals surface area (Å²) < 4.78 is 36.3. The van der Waals surface area contributed by atoms with E-state index in [-0.39, 0.29) is 33.5 Å². The highest BCUT2D eigenvalue weighted by Crippen LogP contribution is 2.37. The first kappa shape index (κ1) is 20.9. The van der Waals surface area contributed by atoms with Crippen LogP contribution in [0, 0.1) is 5.92 Å². The van der Waals surface area contributed by atoms with Crippen LogP contribution in [0.5, 0.6) is 11.5 Å². The van der Waals surface area contributed by atoms with E-state index >= 15 is 0 Å². The third-order valence-electron chi connectivity index (χ3n) is 5.25. The standard InChI is InChI=1S/C22H23N3O5S/c1-13(2)11-12-25-15-8-5-4-7-14(15)20(26)18(22(25)27)21-23-19-16(30-3)9-6-10-17(19)31(28,29)24-21/h4-10,13,26H,11-12H2,1-3H3,(H,23,24). The average Bonchev–Trinajstić information content (AvgIpc) is 2.73. The first-order valence-corrected chi connectivity index (χ1v) is 11.3. The van der Waals surface area contributed by atoms with Crippen LogP contribution in [-0.2, 0) is 16.6 Å². The van der Waals surface area contributed by atoms with Crippen LogP contribution in [0.2, 0.25) is 0 Å². The highest BCUT2D eigenvalue weighted by Gasteiger charge is 2.31. The van der Waals surface area contributed by atoms with Crippen LogP contribution in [-0.4, -0.2) is 31.0 Å². The van der Waals surface area contributed by atoms with Gasteiger partial charge in [0, 0.05) is 11.9 Å². The Balaban J connectivity index is 1.99. The molecule has 0 saturated carbocycles. The second-order valence-electron chi connectivity index (χ2n) is 7.75. The minimum Gasteiger partial charge on any atom is -0.506 e. The third-order valence-corrected chi connectivity index (χ3v) is 6.57. The first-order valence-electron chi connectivity index (χ1n) is 9.88. The number of hydrogen-bond acceptors (Lipinski definition) is 6. The van der Waals surface area contributed by atoms with Crippen LogP contribution in [0.15, 0.2) is 56.6 Å². The smallest absolute Gasteiger partial charge is 0.286 e. The van der Waals surface area contributed by atoms with Crippen molar-refractivity contribution in [3.8, 4) is 11.5 Å². The number of aromatic hydroxyl groups is 1. The van der Waals surface area contributed by atoms with Gasteiger partial charge in [0.05, 0.1) is 12.6 Å². The zero-order valence-electron chi connectivity index (χ0n) is 17.4. The molecule has 2 heterocycles. The van der Waals surface area contributed by atoms with E-state index in [1.165, 1.54) is 13.2 Å². The van der Waals surface area contributed by atoms with E-state index in [1.54, 1.807) is 41.0 Å². The van der Waals surface area contributed by atoms with Gasteiger partial charge in [-0.15, -0.1) is 4.40 Å². The Kier molecular flexibility index (Phi) is 5.22. The molecule has 31 heavy (non-hydrogen) atoms. The molecule has 0 fully saturated rings. The quantitative estimate of drug-likeness (QED) is 0.629. The molecule has 1 aromatic heterocycles. The van der Waals surface area contributed by atoms with Gasteiger partial charge in [-0.05, 0) is 36.6 Å². The van der Waals surface area contributed by atoms with Gasteiger partial charge < -0.3 is 19.7 Å². The predicted octanol–water partition coefficient (Wildman–Crippen LogP) is 3.32. The molecule has 0 unspecified atom stereocenters. The van der Waals surface area contributed by atoms with Crippen molar-refractivity contribution < 1.29 is 18.3 Å². The van der Waals surface area contributed by atoms with Gasteiger partial charge in [-0.25, -0.2) is 0 Å². The number of benzene rings is 2. The van der Waals surface area contributed by atoms with Crippen LogP contribution in [0.25, 0.3) is 10.9 Å². The summed E-state index contributed by atoms with van der Waals surface area (Å²) in [5, 5.41) is 14.3. The van der Waals surface area contributed by atoms with Crippen LogP contribution < -0.4 is 15.6 Å². The third kappa shape index (κ3) is 3.54. The highest BCUT2D eigenvalue weighted by atomic mass is 32.2. The van der Waals surface area contributed by atoms with Crippen molar-refractivity contribution in [3.05, 3.63) is 58.4 Å². The van der Waals surface area contributed by atoms with Crippen LogP contribution in [0.4, 0.5) is 5.69 Å². The van der Waals surface area contributed by atoms with Crippen molar-refractivity contribution in [1.82, 2.24) is 4.57 Å². The number of methoxy groups -OCH3 is 1. The maximum Gasteiger partial charge on any atom is 0.286 e. The van der Waals surface area contributed by atoms with E-state index in [4.69, 9.17) is 4.74 Å². The number of ether oxygens (including phenoxy) is 1. The lowest BCUT2D eigenvalue weighted by atomic mass is 10.1. The number of hydrogen-bond donors (Lipinski definition) is 2. The van der Waals surface area contributed by atoms with E-state index in [0.29, 0.717) is 23.4 Å². The Morgan fingerprint density at radius 3 is 2.61 bits per heavy atom. The number of nitrogens with zero attached hydrogens (tertiary/aromatic N) is 2. The van der Waals surface area contributed by atoms with Crippen molar-refractivity contribution in [2.45, 2.75) is 31.7 Å². The van der Waals surface area contributed by atoms with E-state index in [0.717, 1.165) is 6.42 Å². The van der Waals surface area contributed by atoms with Crippen molar-refractivity contribution in [3.63, 3.8) is 0 Å². The summed E-state index contributed by atoms with van der Waals surface area (Å²) in [5.41, 5.74) is 0.0431. The summed E-state index contributed by atoms with van der Waals surface area (Å²) in [6, 6.07) is 11.5. The molecule has 0 amide bonds. The Labute approximate surface area is 179 Å². The lowest BCUT2D eigenvalue weighted by molar-refractivity contribution is 0.415. The van der Waals surface area contributed by atoms with Crippen molar-refractivity contribution >= 4 is 32.4 Å². The summed E-state index contributed by atoms with van der Waals surface area (Å²) in [6.45, 7) is 4.53. The largest absolute Gasteiger partial charge is 0.506 e. The molecule has 2 aromatic carbocycles. The topological polar surface area (TPSA) is 110 Å². The summed E-state index contributed by atoms with van der Waals surface area (Å²) in [4.78, 5) is 13.4. The van der Waals surface area contributed by atoms with Gasteiger partial charge in [-0.2, -0.15) is 8.42 Å². The summed E-state index contributed by atoms with van der Waals surface area (Å²) >= 11 is 0. The van der Waals surface area contributed by atoms with Gasteiger partial charge in [-0.3, -0.25) is 4.79 Å². The van der Waals surface area contributed by atoms with Gasteiger partial charge in [-0.1, -0.05) is 32.0 Å². The fraction of sp³-hybridized carbons (Fsp3) is 0.273. The van der Waals surface area contributed by atoms with Gasteiger partial charge in [0.25, 0.3) is 15.6 Å². The molecule has 1 aliphatic rings. The molecule has 162 valence electrons. The van der Waals surface area contributed by atoms with Crippen molar-refractivity contribution in [2.24, 2.45) is 10.3 Å². The Hall–Kier alpha value is -3.33. The van der Waals surface area contributed by atoms with Crippen molar-refractivity contribution in [2.75, 3.05) is 12.4 Å². The number of amidine groups is 1. The minimum absolute atomic E-state index is 0.0592. The number of nitrogens with one attached hydrogen (secondary N) is 1. The zero-order chi connectivity index (χ0) is 22.3. The lowest BCUT2D eigenvalue weighted by Gasteiger charge is -2.22. The van der Waals surface area contributed by atoms with E-state index in [1.807, 2.05) is 0 Å². The van der Waals surface area contributed by atoms with Gasteiger partial charge >= 0.3 is 0 Å². The number of anilines is 1. The van der Waals surface area contributed by atoms with Crippen molar-refractivity contribution in [1.29, 1.82) is 0 Å². The molecule has 4 rings (SSSR count). The van der Waals surface area contributed by atoms with E-state index in [9.17, 15) is 18.3 Å². The molecular formula is C22H23N3O5S. The Morgan fingerprint density at radius 2 is 1.90 bits per heavy atom. The molecule has 0 bridgehead atoms. The summed E-state index contributed by atoms with van der Waals surface area (Å²) in [6.07, 6.45) is 0.739. The Bertz CT molecular complexity index is 1370.